The molecule has 0 unspecified atom stereocenters. The van der Waals surface area contributed by atoms with Gasteiger partial charge in [0, 0.05) is 37.1 Å². The van der Waals surface area contributed by atoms with E-state index in [1.165, 1.54) is 12.1 Å². The van der Waals surface area contributed by atoms with Gasteiger partial charge in [0.1, 0.15) is 6.04 Å². The topological polar surface area (TPSA) is 93.7 Å². The largest absolute Gasteiger partial charge is 0.481 e. The number of carbonyl (C=O) groups excluding carboxylic acids is 1. The number of alkyl halides is 3. The molecule has 0 radical (unpaired) electrons. The zero-order valence-corrected chi connectivity index (χ0v) is 23.4. The number of halogens is 3. The van der Waals surface area contributed by atoms with Crippen LogP contribution in [0.2, 0.25) is 0 Å². The zero-order chi connectivity index (χ0) is 29.3. The van der Waals surface area contributed by atoms with Crippen molar-refractivity contribution in [2.45, 2.75) is 70.8 Å². The van der Waals surface area contributed by atoms with E-state index in [1.807, 2.05) is 45.0 Å². The summed E-state index contributed by atoms with van der Waals surface area (Å²) in [6.45, 7) is 7.48. The van der Waals surface area contributed by atoms with E-state index >= 15 is 0 Å². The first-order valence-electron chi connectivity index (χ1n) is 14.0. The number of carbonyl (C=O) groups is 2. The molecule has 0 bridgehead atoms. The number of benzene rings is 2. The fourth-order valence-corrected chi connectivity index (χ4v) is 4.96. The lowest BCUT2D eigenvalue weighted by Gasteiger charge is -2.32. The van der Waals surface area contributed by atoms with E-state index < -0.39 is 30.1 Å². The van der Waals surface area contributed by atoms with Crippen molar-refractivity contribution in [1.29, 1.82) is 0 Å². The minimum atomic E-state index is -4.55. The lowest BCUT2D eigenvalue weighted by molar-refractivity contribution is -0.161. The highest BCUT2D eigenvalue weighted by Gasteiger charge is 2.43. The first-order valence-corrected chi connectivity index (χ1v) is 14.0. The van der Waals surface area contributed by atoms with Crippen LogP contribution in [-0.2, 0) is 9.59 Å². The number of hydrogen-bond donors (Lipinski definition) is 4. The molecule has 0 aromatic heterocycles. The second kappa shape index (κ2) is 14.4. The van der Waals surface area contributed by atoms with Crippen molar-refractivity contribution in [2.75, 3.05) is 29.9 Å². The fraction of sp³-hybridized carbons (Fsp3) is 0.533. The molecule has 1 aliphatic rings. The predicted octanol–water partition coefficient (Wildman–Crippen LogP) is 5.60. The summed E-state index contributed by atoms with van der Waals surface area (Å²) in [5.41, 5.74) is 1.95. The average Bonchev–Trinajstić information content (AvgIpc) is 2.93. The van der Waals surface area contributed by atoms with Crippen molar-refractivity contribution in [2.24, 2.45) is 11.8 Å². The fourth-order valence-electron chi connectivity index (χ4n) is 4.96. The second-order valence-electron chi connectivity index (χ2n) is 10.9. The summed E-state index contributed by atoms with van der Waals surface area (Å²) in [7, 11) is 0. The van der Waals surface area contributed by atoms with Crippen LogP contribution in [0.5, 0.6) is 0 Å². The van der Waals surface area contributed by atoms with E-state index in [1.54, 1.807) is 18.2 Å². The van der Waals surface area contributed by atoms with Gasteiger partial charge in [0.15, 0.2) is 0 Å². The number of carboxylic acids is 1. The van der Waals surface area contributed by atoms with Crippen LogP contribution in [0.3, 0.4) is 0 Å². The van der Waals surface area contributed by atoms with Gasteiger partial charge in [0.2, 0.25) is 5.91 Å². The van der Waals surface area contributed by atoms with Crippen LogP contribution in [0.1, 0.15) is 58.1 Å². The summed E-state index contributed by atoms with van der Waals surface area (Å²) in [5, 5.41) is 18.0. The minimum Gasteiger partial charge on any atom is -0.481 e. The molecule has 0 saturated carbocycles. The molecule has 1 heterocycles. The maximum absolute atomic E-state index is 14.0. The molecule has 0 aliphatic carbocycles. The molecular formula is C30H41F3N4O3. The Hall–Kier alpha value is -3.27. The molecule has 1 aliphatic heterocycles. The molecule has 220 valence electrons. The Morgan fingerprint density at radius 2 is 1.65 bits per heavy atom. The summed E-state index contributed by atoms with van der Waals surface area (Å²) < 4.78 is 41.9. The highest BCUT2D eigenvalue weighted by atomic mass is 19.4. The van der Waals surface area contributed by atoms with Gasteiger partial charge in [0.25, 0.3) is 0 Å². The van der Waals surface area contributed by atoms with E-state index in [-0.39, 0.29) is 29.9 Å². The van der Waals surface area contributed by atoms with Crippen LogP contribution < -0.4 is 20.9 Å². The molecule has 2 aromatic carbocycles. The molecule has 7 nitrogen and oxygen atoms in total. The van der Waals surface area contributed by atoms with Crippen molar-refractivity contribution in [3.63, 3.8) is 0 Å². The predicted molar refractivity (Wildman–Crippen MR) is 151 cm³/mol. The third kappa shape index (κ3) is 9.15. The summed E-state index contributed by atoms with van der Waals surface area (Å²) in [6, 6.07) is 12.2. The van der Waals surface area contributed by atoms with Gasteiger partial charge in [-0.2, -0.15) is 13.2 Å². The molecule has 3 atom stereocenters. The number of carboxylic acid groups (broad SMARTS) is 1. The Balaban J connectivity index is 1.59. The molecular weight excluding hydrogens is 521 g/mol. The maximum Gasteiger partial charge on any atom is 0.407 e. The van der Waals surface area contributed by atoms with Crippen LogP contribution >= 0.6 is 0 Å². The van der Waals surface area contributed by atoms with Gasteiger partial charge in [-0.1, -0.05) is 51.1 Å². The van der Waals surface area contributed by atoms with E-state index in [2.05, 4.69) is 20.9 Å². The summed E-state index contributed by atoms with van der Waals surface area (Å²) >= 11 is 0. The van der Waals surface area contributed by atoms with Gasteiger partial charge in [0.05, 0.1) is 12.0 Å². The highest BCUT2D eigenvalue weighted by Crippen LogP contribution is 2.33. The molecule has 1 fully saturated rings. The first-order chi connectivity index (χ1) is 19.0. The average molecular weight is 563 g/mol. The molecule has 10 heteroatoms. The Kier molecular flexibility index (Phi) is 11.2. The molecule has 0 spiro atoms. The van der Waals surface area contributed by atoms with Crippen molar-refractivity contribution in [3.8, 4) is 0 Å². The summed E-state index contributed by atoms with van der Waals surface area (Å²) in [4.78, 5) is 26.6. The van der Waals surface area contributed by atoms with Gasteiger partial charge in [-0.15, -0.1) is 0 Å². The highest BCUT2D eigenvalue weighted by molar-refractivity contribution is 5.82. The van der Waals surface area contributed by atoms with Crippen molar-refractivity contribution in [3.05, 3.63) is 60.2 Å². The minimum absolute atomic E-state index is 0.0135. The van der Waals surface area contributed by atoms with Gasteiger partial charge < -0.3 is 20.6 Å². The Morgan fingerprint density at radius 3 is 2.17 bits per heavy atom. The number of anilines is 2. The molecule has 1 saturated heterocycles. The standard InChI is InChI=1S/C30H41F3N4O3/c1-4-23(19-34-24-10-12-25(13-11-24)37-16-14-22(15-17-37)29(39)40)35-28(38)26(18-20(2)3)36-27(30(31,32)33)21-8-6-5-7-9-21/h5-13,20,22-23,26-27,34,36H,4,14-19H2,1-3H3,(H,35,38)(H,39,40)/t23-,26-,27-/m0/s1. The van der Waals surface area contributed by atoms with Crippen molar-refractivity contribution in [1.82, 2.24) is 10.6 Å². The van der Waals surface area contributed by atoms with Crippen LogP contribution in [0.15, 0.2) is 54.6 Å². The third-order valence-corrected chi connectivity index (χ3v) is 7.32. The van der Waals surface area contributed by atoms with Crippen LogP contribution in [0, 0.1) is 11.8 Å². The number of rotatable bonds is 13. The van der Waals surface area contributed by atoms with Crippen molar-refractivity contribution < 1.29 is 27.9 Å². The Morgan fingerprint density at radius 1 is 1.02 bits per heavy atom. The Labute approximate surface area is 234 Å². The second-order valence-corrected chi connectivity index (χ2v) is 10.9. The number of piperidine rings is 1. The first kappa shape index (κ1) is 31.3. The zero-order valence-electron chi connectivity index (χ0n) is 23.4. The van der Waals surface area contributed by atoms with Crippen LogP contribution in [0.4, 0.5) is 24.5 Å². The van der Waals surface area contributed by atoms with E-state index in [4.69, 9.17) is 0 Å². The molecule has 3 rings (SSSR count). The molecule has 40 heavy (non-hydrogen) atoms. The van der Waals surface area contributed by atoms with Gasteiger partial charge in [-0.25, -0.2) is 0 Å². The monoisotopic (exact) mass is 562 g/mol. The lowest BCUT2D eigenvalue weighted by atomic mass is 9.97. The SMILES string of the molecule is CC[C@@H](CNc1ccc(N2CCC(C(=O)O)CC2)cc1)NC(=O)[C@H](CC(C)C)N[C@@H](c1ccccc1)C(F)(F)F. The number of amides is 1. The third-order valence-electron chi connectivity index (χ3n) is 7.32. The Bertz CT molecular complexity index is 1070. The smallest absolute Gasteiger partial charge is 0.407 e. The molecule has 2 aromatic rings. The van der Waals surface area contributed by atoms with Crippen molar-refractivity contribution >= 4 is 23.3 Å². The van der Waals surface area contributed by atoms with E-state index in [0.29, 0.717) is 38.9 Å². The molecule has 1 amide bonds. The van der Waals surface area contributed by atoms with Crippen LogP contribution in [0.25, 0.3) is 0 Å². The molecule has 4 N–H and O–H groups in total. The van der Waals surface area contributed by atoms with Gasteiger partial charge >= 0.3 is 12.1 Å². The lowest BCUT2D eigenvalue weighted by Crippen LogP contribution is -2.52. The van der Waals surface area contributed by atoms with E-state index in [9.17, 15) is 27.9 Å². The quantitative estimate of drug-likeness (QED) is 0.254. The van der Waals surface area contributed by atoms with E-state index in [0.717, 1.165) is 11.4 Å². The van der Waals surface area contributed by atoms with Gasteiger partial charge in [-0.05, 0) is 61.4 Å². The summed E-state index contributed by atoms with van der Waals surface area (Å²) in [6.07, 6.45) is -2.45. The maximum atomic E-state index is 14.0. The number of aliphatic carboxylic acids is 1. The van der Waals surface area contributed by atoms with Gasteiger partial charge in [-0.3, -0.25) is 14.9 Å². The normalized spacial score (nSPS) is 16.8. The van der Waals surface area contributed by atoms with Crippen LogP contribution in [-0.4, -0.2) is 54.9 Å². The number of hydrogen-bond acceptors (Lipinski definition) is 5. The number of nitrogens with one attached hydrogen (secondary N) is 3. The summed E-state index contributed by atoms with van der Waals surface area (Å²) in [5.74, 6) is -1.46. The number of nitrogens with zero attached hydrogens (tertiary/aromatic N) is 1.